The van der Waals surface area contributed by atoms with E-state index in [0.717, 1.165) is 22.0 Å². The Morgan fingerprint density at radius 2 is 2.09 bits per heavy atom. The quantitative estimate of drug-likeness (QED) is 0.416. The normalized spacial score (nSPS) is 17.5. The molecule has 0 bridgehead atoms. The van der Waals surface area contributed by atoms with Gasteiger partial charge in [-0.25, -0.2) is 14.3 Å². The summed E-state index contributed by atoms with van der Waals surface area (Å²) in [5, 5.41) is 14.8. The van der Waals surface area contributed by atoms with Gasteiger partial charge in [-0.1, -0.05) is 30.7 Å². The number of hydrogen-bond donors (Lipinski definition) is 2. The van der Waals surface area contributed by atoms with Gasteiger partial charge in [0.1, 0.15) is 5.82 Å². The number of aryl methyl sites for hydroxylation is 1. The lowest BCUT2D eigenvalue weighted by Gasteiger charge is -2.40. The molecule has 2 atom stereocenters. The van der Waals surface area contributed by atoms with Crippen LogP contribution in [0, 0.1) is 5.82 Å². The van der Waals surface area contributed by atoms with E-state index < -0.39 is 11.8 Å². The highest BCUT2D eigenvalue weighted by molar-refractivity contribution is 6.34. The number of nitrogens with one attached hydrogen (secondary N) is 2. The first-order valence-corrected chi connectivity index (χ1v) is 11.7. The number of hydrogen-bond acceptors (Lipinski definition) is 4. The first kappa shape index (κ1) is 23.0. The first-order chi connectivity index (χ1) is 16.8. The number of aromatic nitrogens is 4. The van der Waals surface area contributed by atoms with Crippen molar-refractivity contribution in [2.75, 3.05) is 5.32 Å². The Kier molecular flexibility index (Phi) is 5.80. The molecule has 4 aromatic rings. The minimum Gasteiger partial charge on any atom is -0.313 e. The molecule has 35 heavy (non-hydrogen) atoms. The van der Waals surface area contributed by atoms with Crippen molar-refractivity contribution in [2.45, 2.75) is 38.8 Å². The highest BCUT2D eigenvalue weighted by atomic mass is 35.5. The van der Waals surface area contributed by atoms with Gasteiger partial charge >= 0.3 is 6.03 Å². The van der Waals surface area contributed by atoms with Crippen molar-refractivity contribution in [3.8, 4) is 11.1 Å². The van der Waals surface area contributed by atoms with Crippen molar-refractivity contribution in [3.05, 3.63) is 75.0 Å². The molecule has 10 heteroatoms. The van der Waals surface area contributed by atoms with Crippen LogP contribution in [0.3, 0.4) is 0 Å². The average molecular weight is 495 g/mol. The lowest BCUT2D eigenvalue weighted by molar-refractivity contribution is 0.145. The van der Waals surface area contributed by atoms with Crippen LogP contribution in [0.2, 0.25) is 5.02 Å². The molecule has 0 fully saturated rings. The monoisotopic (exact) mass is 494 g/mol. The number of urea groups is 1. The molecule has 1 aliphatic heterocycles. The number of aromatic amines is 1. The smallest absolute Gasteiger partial charge is 0.313 e. The van der Waals surface area contributed by atoms with Crippen molar-refractivity contribution in [3.63, 3.8) is 0 Å². The molecular formula is C25H24ClFN6O2. The third kappa shape index (κ3) is 3.95. The number of H-pyrrole nitrogens is 1. The third-order valence-corrected chi connectivity index (χ3v) is 6.88. The number of carbonyl (C=O) groups excluding carboxylic acids is 1. The molecule has 2 aromatic carbocycles. The Bertz CT molecular complexity index is 1510. The highest BCUT2D eigenvalue weighted by Gasteiger charge is 2.36. The maximum absolute atomic E-state index is 15.2. The summed E-state index contributed by atoms with van der Waals surface area (Å²) in [6, 6.07) is 8.92. The molecule has 1 aliphatic rings. The zero-order valence-electron chi connectivity index (χ0n) is 19.5. The summed E-state index contributed by atoms with van der Waals surface area (Å²) in [5.41, 5.74) is 3.35. The SMILES string of the molecule is CCC1c2n[nH]c(=O)cc2CC(C)N1C(=O)Nc1cc(Cl)c(-c2cccc3c2cnn3C)cc1F. The molecular weight excluding hydrogens is 471 g/mol. The van der Waals surface area contributed by atoms with E-state index in [4.69, 9.17) is 11.6 Å². The molecule has 3 heterocycles. The van der Waals surface area contributed by atoms with E-state index in [1.165, 1.54) is 18.2 Å². The lowest BCUT2D eigenvalue weighted by atomic mass is 9.92. The van der Waals surface area contributed by atoms with E-state index in [-0.39, 0.29) is 23.3 Å². The minimum absolute atomic E-state index is 0.00982. The van der Waals surface area contributed by atoms with Crippen molar-refractivity contribution >= 4 is 34.2 Å². The van der Waals surface area contributed by atoms with Gasteiger partial charge in [-0.3, -0.25) is 9.48 Å². The van der Waals surface area contributed by atoms with Crippen LogP contribution in [0.4, 0.5) is 14.9 Å². The number of halogens is 2. The molecule has 2 amide bonds. The number of nitrogens with zero attached hydrogens (tertiary/aromatic N) is 4. The molecule has 180 valence electrons. The van der Waals surface area contributed by atoms with E-state index in [0.29, 0.717) is 29.1 Å². The van der Waals surface area contributed by atoms with Gasteiger partial charge in [0.15, 0.2) is 0 Å². The van der Waals surface area contributed by atoms with Crippen molar-refractivity contribution in [1.82, 2.24) is 24.9 Å². The number of anilines is 1. The van der Waals surface area contributed by atoms with Gasteiger partial charge in [-0.15, -0.1) is 0 Å². The van der Waals surface area contributed by atoms with Gasteiger partial charge in [0.05, 0.1) is 34.2 Å². The van der Waals surface area contributed by atoms with Crippen molar-refractivity contribution < 1.29 is 9.18 Å². The molecule has 2 aromatic heterocycles. The van der Waals surface area contributed by atoms with Crippen LogP contribution in [0.15, 0.2) is 47.4 Å². The maximum Gasteiger partial charge on any atom is 0.322 e. The average Bonchev–Trinajstić information content (AvgIpc) is 3.21. The zero-order chi connectivity index (χ0) is 24.9. The Labute approximate surface area is 205 Å². The molecule has 0 saturated heterocycles. The number of benzene rings is 2. The zero-order valence-corrected chi connectivity index (χ0v) is 20.2. The predicted molar refractivity (Wildman–Crippen MR) is 133 cm³/mol. The Balaban J connectivity index is 1.46. The van der Waals surface area contributed by atoms with Crippen LogP contribution in [0.1, 0.15) is 37.6 Å². The van der Waals surface area contributed by atoms with Crippen LogP contribution in [0.5, 0.6) is 0 Å². The minimum atomic E-state index is -0.598. The Hall–Kier alpha value is -3.72. The number of carbonyl (C=O) groups is 1. The third-order valence-electron chi connectivity index (χ3n) is 6.56. The Morgan fingerprint density at radius 3 is 2.86 bits per heavy atom. The van der Waals surface area contributed by atoms with Gasteiger partial charge in [-0.2, -0.15) is 10.2 Å². The summed E-state index contributed by atoms with van der Waals surface area (Å²) in [4.78, 5) is 26.7. The molecule has 8 nitrogen and oxygen atoms in total. The fraction of sp³-hybridized carbons (Fsp3) is 0.280. The van der Waals surface area contributed by atoms with E-state index in [1.807, 2.05) is 39.1 Å². The van der Waals surface area contributed by atoms with Gasteiger partial charge in [0, 0.05) is 30.1 Å². The Morgan fingerprint density at radius 1 is 1.29 bits per heavy atom. The van der Waals surface area contributed by atoms with E-state index in [9.17, 15) is 9.59 Å². The fourth-order valence-electron chi connectivity index (χ4n) is 4.93. The number of amides is 2. The summed E-state index contributed by atoms with van der Waals surface area (Å²) in [6.45, 7) is 3.83. The molecule has 2 unspecified atom stereocenters. The summed E-state index contributed by atoms with van der Waals surface area (Å²) in [7, 11) is 1.84. The van der Waals surface area contributed by atoms with E-state index >= 15 is 4.39 Å². The second kappa shape index (κ2) is 8.81. The van der Waals surface area contributed by atoms with Crippen LogP contribution in [0.25, 0.3) is 22.0 Å². The second-order valence-electron chi connectivity index (χ2n) is 8.78. The molecule has 5 rings (SSSR count). The number of fused-ring (bicyclic) bond motifs is 2. The molecule has 2 N–H and O–H groups in total. The maximum atomic E-state index is 15.2. The van der Waals surface area contributed by atoms with Gasteiger partial charge in [0.2, 0.25) is 0 Å². The largest absolute Gasteiger partial charge is 0.322 e. The molecule has 0 aliphatic carbocycles. The van der Waals surface area contributed by atoms with Gasteiger partial charge in [-0.05, 0) is 49.1 Å². The van der Waals surface area contributed by atoms with Crippen LogP contribution >= 0.6 is 11.6 Å². The molecule has 0 saturated carbocycles. The summed E-state index contributed by atoms with van der Waals surface area (Å²) >= 11 is 6.58. The van der Waals surface area contributed by atoms with Crippen molar-refractivity contribution in [1.29, 1.82) is 0 Å². The van der Waals surface area contributed by atoms with E-state index in [1.54, 1.807) is 15.8 Å². The van der Waals surface area contributed by atoms with Gasteiger partial charge in [0.25, 0.3) is 5.56 Å². The first-order valence-electron chi connectivity index (χ1n) is 11.4. The summed E-state index contributed by atoms with van der Waals surface area (Å²) in [5.74, 6) is -0.598. The lowest BCUT2D eigenvalue weighted by Crippen LogP contribution is -2.48. The number of rotatable bonds is 3. The van der Waals surface area contributed by atoms with Crippen LogP contribution < -0.4 is 10.9 Å². The topological polar surface area (TPSA) is 95.9 Å². The fourth-order valence-corrected chi connectivity index (χ4v) is 5.20. The van der Waals surface area contributed by atoms with Gasteiger partial charge < -0.3 is 10.2 Å². The predicted octanol–water partition coefficient (Wildman–Crippen LogP) is 5.05. The molecule has 0 radical (unpaired) electrons. The van der Waals surface area contributed by atoms with Crippen LogP contribution in [-0.2, 0) is 13.5 Å². The molecule has 0 spiro atoms. The summed E-state index contributed by atoms with van der Waals surface area (Å²) < 4.78 is 17.0. The van der Waals surface area contributed by atoms with Crippen molar-refractivity contribution in [2.24, 2.45) is 7.05 Å². The highest BCUT2D eigenvalue weighted by Crippen LogP contribution is 2.37. The van der Waals surface area contributed by atoms with E-state index in [2.05, 4.69) is 20.6 Å². The summed E-state index contributed by atoms with van der Waals surface area (Å²) in [6.07, 6.45) is 2.78. The van der Waals surface area contributed by atoms with Crippen LogP contribution in [-0.4, -0.2) is 37.0 Å². The second-order valence-corrected chi connectivity index (χ2v) is 9.18. The standard InChI is InChI=1S/C25H24ClFN6O2/c1-4-21-24-14(9-23(34)30-31-24)8-13(2)33(21)25(35)29-20-11-18(26)16(10-19(20)27)15-6-5-7-22-17(15)12-28-32(22)3/h5-7,9-13,21H,4,8H2,1-3H3,(H,29,35)(H,30,34).